The number of benzene rings is 3. The van der Waals surface area contributed by atoms with Crippen LogP contribution in [0.1, 0.15) is 31.8 Å². The number of esters is 2. The van der Waals surface area contributed by atoms with Crippen LogP contribution in [0.4, 0.5) is 0 Å². The number of aldehydes is 2. The number of rotatable bonds is 12. The third kappa shape index (κ3) is 7.90. The predicted molar refractivity (Wildman–Crippen MR) is 121 cm³/mol. The maximum absolute atomic E-state index is 11.9. The Bertz CT molecular complexity index is 1010. The molecular weight excluding hydrogens is 440 g/mol. The van der Waals surface area contributed by atoms with Gasteiger partial charge in [0, 0.05) is 11.1 Å². The van der Waals surface area contributed by atoms with E-state index >= 15 is 0 Å². The summed E-state index contributed by atoms with van der Waals surface area (Å²) in [6.07, 6.45) is 1.45. The molecule has 0 fully saturated rings. The van der Waals surface area contributed by atoms with Gasteiger partial charge in [-0.1, -0.05) is 24.3 Å². The van der Waals surface area contributed by atoms with E-state index in [1.54, 1.807) is 72.8 Å². The summed E-state index contributed by atoms with van der Waals surface area (Å²) in [5, 5.41) is 0. The zero-order valence-corrected chi connectivity index (χ0v) is 18.2. The first-order valence-electron chi connectivity index (χ1n) is 10.3. The minimum absolute atomic E-state index is 0.0725. The van der Waals surface area contributed by atoms with Crippen molar-refractivity contribution in [1.29, 1.82) is 0 Å². The second-order valence-electron chi connectivity index (χ2n) is 7.09. The minimum atomic E-state index is -0.529. The summed E-state index contributed by atoms with van der Waals surface area (Å²) in [7, 11) is 0. The first-order valence-corrected chi connectivity index (χ1v) is 10.3. The van der Waals surface area contributed by atoms with Crippen molar-refractivity contribution in [2.75, 3.05) is 13.2 Å². The van der Waals surface area contributed by atoms with Crippen LogP contribution in [0.25, 0.3) is 0 Å². The summed E-state index contributed by atoms with van der Waals surface area (Å²) < 4.78 is 21.0. The van der Waals surface area contributed by atoms with E-state index in [1.165, 1.54) is 0 Å². The maximum Gasteiger partial charge on any atom is 0.344 e. The molecule has 0 aromatic heterocycles. The molecule has 0 radical (unpaired) electrons. The fourth-order valence-electron chi connectivity index (χ4n) is 2.71. The van der Waals surface area contributed by atoms with Crippen LogP contribution >= 0.6 is 0 Å². The van der Waals surface area contributed by atoms with Crippen LogP contribution in [0.15, 0.2) is 72.8 Å². The molecule has 3 rings (SSSR count). The van der Waals surface area contributed by atoms with Crippen LogP contribution in [0.5, 0.6) is 11.5 Å². The normalized spacial score (nSPS) is 10.1. The summed E-state index contributed by atoms with van der Waals surface area (Å²) in [6.45, 7) is -0.359. The third-order valence-electron chi connectivity index (χ3n) is 4.57. The lowest BCUT2D eigenvalue weighted by atomic mass is 10.1. The van der Waals surface area contributed by atoms with Crippen molar-refractivity contribution in [3.63, 3.8) is 0 Å². The van der Waals surface area contributed by atoms with Gasteiger partial charge in [-0.3, -0.25) is 9.59 Å². The lowest BCUT2D eigenvalue weighted by Crippen LogP contribution is -2.15. The molecule has 0 N–H and O–H groups in total. The van der Waals surface area contributed by atoms with Crippen LogP contribution in [0.3, 0.4) is 0 Å². The topological polar surface area (TPSA) is 105 Å². The lowest BCUT2D eigenvalue weighted by Gasteiger charge is -2.09. The fourth-order valence-corrected chi connectivity index (χ4v) is 2.71. The van der Waals surface area contributed by atoms with Gasteiger partial charge in [-0.25, -0.2) is 9.59 Å². The van der Waals surface area contributed by atoms with Crippen LogP contribution in [-0.2, 0) is 32.3 Å². The highest BCUT2D eigenvalue weighted by Gasteiger charge is 2.07. The van der Waals surface area contributed by atoms with Gasteiger partial charge in [0.05, 0.1) is 0 Å². The highest BCUT2D eigenvalue weighted by molar-refractivity contribution is 5.75. The molecule has 0 amide bonds. The number of carbonyl (C=O) groups excluding carboxylic acids is 4. The van der Waals surface area contributed by atoms with E-state index in [0.29, 0.717) is 22.6 Å². The van der Waals surface area contributed by atoms with E-state index in [4.69, 9.17) is 18.9 Å². The van der Waals surface area contributed by atoms with Crippen LogP contribution in [-0.4, -0.2) is 37.7 Å². The highest BCUT2D eigenvalue weighted by atomic mass is 16.6. The summed E-state index contributed by atoms with van der Waals surface area (Å²) in [5.41, 5.74) is 2.56. The van der Waals surface area contributed by atoms with E-state index in [0.717, 1.165) is 23.7 Å². The zero-order valence-electron chi connectivity index (χ0n) is 18.2. The van der Waals surface area contributed by atoms with Crippen molar-refractivity contribution < 1.29 is 38.1 Å². The number of hydrogen-bond donors (Lipinski definition) is 0. The Morgan fingerprint density at radius 3 is 1.24 bits per heavy atom. The second-order valence-corrected chi connectivity index (χ2v) is 7.09. The van der Waals surface area contributed by atoms with Crippen molar-refractivity contribution >= 4 is 24.5 Å². The zero-order chi connectivity index (χ0) is 24.2. The number of hydrogen-bond acceptors (Lipinski definition) is 8. The van der Waals surface area contributed by atoms with Crippen LogP contribution in [0.2, 0.25) is 0 Å². The first-order chi connectivity index (χ1) is 16.6. The van der Waals surface area contributed by atoms with Gasteiger partial charge in [-0.2, -0.15) is 0 Å². The van der Waals surface area contributed by atoms with Gasteiger partial charge in [0.2, 0.25) is 0 Å². The molecule has 0 spiro atoms. The largest absolute Gasteiger partial charge is 0.482 e. The smallest absolute Gasteiger partial charge is 0.344 e. The average molecular weight is 462 g/mol. The van der Waals surface area contributed by atoms with Gasteiger partial charge in [0.15, 0.2) is 13.2 Å². The molecule has 0 atom stereocenters. The third-order valence-corrected chi connectivity index (χ3v) is 4.57. The Labute approximate surface area is 196 Å². The van der Waals surface area contributed by atoms with Crippen molar-refractivity contribution in [1.82, 2.24) is 0 Å². The van der Waals surface area contributed by atoms with Gasteiger partial charge >= 0.3 is 11.9 Å². The molecule has 8 nitrogen and oxygen atoms in total. The molecule has 0 saturated carbocycles. The molecule has 8 heteroatoms. The Hall–Kier alpha value is -4.46. The predicted octanol–water partition coefficient (Wildman–Crippen LogP) is 3.56. The summed E-state index contributed by atoms with van der Waals surface area (Å²) in [4.78, 5) is 45.0. The van der Waals surface area contributed by atoms with E-state index in [9.17, 15) is 19.2 Å². The minimum Gasteiger partial charge on any atom is -0.482 e. The maximum atomic E-state index is 11.9. The SMILES string of the molecule is O=Cc1ccc(OCC(=O)OCc2ccc(COC(=O)COc3ccc(C=O)cc3)cc2)cc1. The van der Waals surface area contributed by atoms with Crippen molar-refractivity contribution in [3.05, 3.63) is 95.1 Å². The van der Waals surface area contributed by atoms with Crippen molar-refractivity contribution in [2.24, 2.45) is 0 Å². The number of carbonyl (C=O) groups is 4. The van der Waals surface area contributed by atoms with Gasteiger partial charge in [0.25, 0.3) is 0 Å². The van der Waals surface area contributed by atoms with Gasteiger partial charge in [-0.05, 0) is 59.7 Å². The van der Waals surface area contributed by atoms with E-state index in [-0.39, 0.29) is 26.4 Å². The fraction of sp³-hybridized carbons (Fsp3) is 0.154. The molecule has 174 valence electrons. The molecule has 0 bridgehead atoms. The van der Waals surface area contributed by atoms with Gasteiger partial charge in [-0.15, -0.1) is 0 Å². The number of ether oxygens (including phenoxy) is 4. The van der Waals surface area contributed by atoms with Gasteiger partial charge < -0.3 is 18.9 Å². The molecule has 34 heavy (non-hydrogen) atoms. The van der Waals surface area contributed by atoms with E-state index < -0.39 is 11.9 Å². The lowest BCUT2D eigenvalue weighted by molar-refractivity contribution is -0.148. The average Bonchev–Trinajstić information content (AvgIpc) is 2.89. The standard InChI is InChI=1S/C26H22O8/c27-13-19-5-9-23(10-6-19)31-17-25(29)33-15-21-1-2-22(4-3-21)16-34-26(30)18-32-24-11-7-20(14-28)8-12-24/h1-14H,15-18H2. The van der Waals surface area contributed by atoms with E-state index in [2.05, 4.69) is 0 Å². The Balaban J connectivity index is 1.34. The molecular formula is C26H22O8. The van der Waals surface area contributed by atoms with Crippen molar-refractivity contribution in [3.8, 4) is 11.5 Å². The van der Waals surface area contributed by atoms with Crippen LogP contribution in [0, 0.1) is 0 Å². The summed E-state index contributed by atoms with van der Waals surface area (Å²) >= 11 is 0. The first kappa shape index (κ1) is 24.2. The molecule has 3 aromatic carbocycles. The summed E-state index contributed by atoms with van der Waals surface area (Å²) in [6, 6.07) is 19.8. The highest BCUT2D eigenvalue weighted by Crippen LogP contribution is 2.13. The quantitative estimate of drug-likeness (QED) is 0.297. The molecule has 0 heterocycles. The molecule has 0 aliphatic rings. The summed E-state index contributed by atoms with van der Waals surface area (Å²) in [5.74, 6) is -0.137. The Morgan fingerprint density at radius 2 is 0.912 bits per heavy atom. The van der Waals surface area contributed by atoms with Gasteiger partial charge in [0.1, 0.15) is 37.3 Å². The Morgan fingerprint density at radius 1 is 0.559 bits per heavy atom. The Kier molecular flexibility index (Phi) is 8.92. The van der Waals surface area contributed by atoms with Crippen molar-refractivity contribution in [2.45, 2.75) is 13.2 Å². The second kappa shape index (κ2) is 12.5. The van der Waals surface area contributed by atoms with E-state index in [1.807, 2.05) is 0 Å². The molecule has 0 unspecified atom stereocenters. The molecule has 3 aromatic rings. The monoisotopic (exact) mass is 462 g/mol. The molecule has 0 aliphatic heterocycles. The molecule has 0 saturated heterocycles. The van der Waals surface area contributed by atoms with Crippen LogP contribution < -0.4 is 9.47 Å². The molecule has 0 aliphatic carbocycles.